The molecule has 0 aliphatic carbocycles. The molecule has 2 aromatic carbocycles. The Morgan fingerprint density at radius 1 is 1.14 bits per heavy atom. The Labute approximate surface area is 123 Å². The van der Waals surface area contributed by atoms with Gasteiger partial charge in [-0.2, -0.15) is 13.2 Å². The predicted octanol–water partition coefficient (Wildman–Crippen LogP) is 3.55. The van der Waals surface area contributed by atoms with Gasteiger partial charge in [-0.1, -0.05) is 35.9 Å². The maximum Gasteiger partial charge on any atom is 0.405 e. The van der Waals surface area contributed by atoms with Crippen molar-refractivity contribution in [3.8, 4) is 5.75 Å². The lowest BCUT2D eigenvalue weighted by Crippen LogP contribution is -2.36. The van der Waals surface area contributed by atoms with Crippen molar-refractivity contribution < 1.29 is 22.7 Å². The number of carbonyl (C=O) groups excluding carboxylic acids is 1. The molecule has 7 heteroatoms. The summed E-state index contributed by atoms with van der Waals surface area (Å²) >= 11 is 6.03. The zero-order valence-corrected chi connectivity index (χ0v) is 11.5. The highest BCUT2D eigenvalue weighted by Gasteiger charge is 2.27. The summed E-state index contributed by atoms with van der Waals surface area (Å²) in [5, 5.41) is 3.70. The van der Waals surface area contributed by atoms with Crippen LogP contribution in [0.15, 0.2) is 36.4 Å². The lowest BCUT2D eigenvalue weighted by atomic mass is 10.1. The smallest absolute Gasteiger partial charge is 0.405 e. The minimum atomic E-state index is -4.44. The topological polar surface area (TPSA) is 38.3 Å². The standard InChI is InChI=1S/C14H11ClF3NO2/c15-11-5-6-12(10-4-2-1-3-9(10)11)21-7-13(20)19-8-14(16,17)18/h1-6H,7-8H2,(H,19,20). The van der Waals surface area contributed by atoms with Crippen LogP contribution in [0.2, 0.25) is 5.02 Å². The molecule has 0 aromatic heterocycles. The van der Waals surface area contributed by atoms with Crippen molar-refractivity contribution in [2.75, 3.05) is 13.2 Å². The predicted molar refractivity (Wildman–Crippen MR) is 73.5 cm³/mol. The molecule has 3 nitrogen and oxygen atoms in total. The maximum atomic E-state index is 12.0. The summed E-state index contributed by atoms with van der Waals surface area (Å²) in [5.41, 5.74) is 0. The fourth-order valence-electron chi connectivity index (χ4n) is 1.75. The number of hydrogen-bond donors (Lipinski definition) is 1. The molecule has 2 rings (SSSR count). The van der Waals surface area contributed by atoms with Crippen molar-refractivity contribution in [1.29, 1.82) is 0 Å². The molecule has 112 valence electrons. The van der Waals surface area contributed by atoms with E-state index < -0.39 is 25.2 Å². The lowest BCUT2D eigenvalue weighted by Gasteiger charge is -2.11. The van der Waals surface area contributed by atoms with Crippen molar-refractivity contribution in [1.82, 2.24) is 5.32 Å². The highest BCUT2D eigenvalue weighted by molar-refractivity contribution is 6.35. The largest absolute Gasteiger partial charge is 0.483 e. The number of halogens is 4. The number of benzene rings is 2. The fourth-order valence-corrected chi connectivity index (χ4v) is 1.98. The molecule has 0 atom stereocenters. The molecule has 21 heavy (non-hydrogen) atoms. The van der Waals surface area contributed by atoms with E-state index in [-0.39, 0.29) is 0 Å². The zero-order chi connectivity index (χ0) is 15.5. The van der Waals surface area contributed by atoms with Crippen LogP contribution in [0.25, 0.3) is 10.8 Å². The number of nitrogens with one attached hydrogen (secondary N) is 1. The van der Waals surface area contributed by atoms with Crippen LogP contribution in [0.4, 0.5) is 13.2 Å². The number of alkyl halides is 3. The summed E-state index contributed by atoms with van der Waals surface area (Å²) in [5.74, 6) is -0.455. The van der Waals surface area contributed by atoms with Gasteiger partial charge in [0.05, 0.1) is 0 Å². The Bertz CT molecular complexity index is 658. The molecule has 0 radical (unpaired) electrons. The van der Waals surface area contributed by atoms with E-state index in [0.29, 0.717) is 16.2 Å². The first-order valence-electron chi connectivity index (χ1n) is 6.00. The second-order valence-corrected chi connectivity index (χ2v) is 4.68. The van der Waals surface area contributed by atoms with Crippen LogP contribution in [-0.4, -0.2) is 25.2 Å². The number of carbonyl (C=O) groups is 1. The van der Waals surface area contributed by atoms with E-state index in [9.17, 15) is 18.0 Å². The van der Waals surface area contributed by atoms with Crippen molar-refractivity contribution in [3.63, 3.8) is 0 Å². The normalized spacial score (nSPS) is 11.4. The molecule has 0 heterocycles. The number of hydrogen-bond acceptors (Lipinski definition) is 2. The number of fused-ring (bicyclic) bond motifs is 1. The molecule has 0 aliphatic rings. The van der Waals surface area contributed by atoms with Crippen molar-refractivity contribution >= 4 is 28.3 Å². The van der Waals surface area contributed by atoms with Gasteiger partial charge < -0.3 is 10.1 Å². The van der Waals surface area contributed by atoms with E-state index in [1.165, 1.54) is 0 Å². The highest BCUT2D eigenvalue weighted by Crippen LogP contribution is 2.31. The molecule has 0 fully saturated rings. The maximum absolute atomic E-state index is 12.0. The molecule has 0 spiro atoms. The minimum Gasteiger partial charge on any atom is -0.483 e. The van der Waals surface area contributed by atoms with Gasteiger partial charge >= 0.3 is 6.18 Å². The summed E-state index contributed by atoms with van der Waals surface area (Å²) in [7, 11) is 0. The summed E-state index contributed by atoms with van der Waals surface area (Å²) in [6.07, 6.45) is -4.44. The summed E-state index contributed by atoms with van der Waals surface area (Å²) in [6.45, 7) is -1.88. The van der Waals surface area contributed by atoms with Crippen LogP contribution in [-0.2, 0) is 4.79 Å². The molecule has 2 aromatic rings. The summed E-state index contributed by atoms with van der Waals surface area (Å²) in [4.78, 5) is 11.3. The molecule has 0 aliphatic heterocycles. The van der Waals surface area contributed by atoms with Gasteiger partial charge in [0.2, 0.25) is 0 Å². The van der Waals surface area contributed by atoms with Gasteiger partial charge in [0.1, 0.15) is 12.3 Å². The molecule has 0 saturated heterocycles. The lowest BCUT2D eigenvalue weighted by molar-refractivity contribution is -0.139. The van der Waals surface area contributed by atoms with Crippen molar-refractivity contribution in [2.45, 2.75) is 6.18 Å². The molecular weight excluding hydrogens is 307 g/mol. The third-order valence-electron chi connectivity index (χ3n) is 2.68. The van der Waals surface area contributed by atoms with Crippen molar-refractivity contribution in [3.05, 3.63) is 41.4 Å². The Balaban J connectivity index is 2.04. The SMILES string of the molecule is O=C(COc1ccc(Cl)c2ccccc12)NCC(F)(F)F. The average molecular weight is 318 g/mol. The number of amides is 1. The molecule has 0 bridgehead atoms. The van der Waals surface area contributed by atoms with Crippen LogP contribution >= 0.6 is 11.6 Å². The van der Waals surface area contributed by atoms with Gasteiger partial charge in [0.25, 0.3) is 5.91 Å². The van der Waals surface area contributed by atoms with Gasteiger partial charge in [-0.15, -0.1) is 0 Å². The van der Waals surface area contributed by atoms with E-state index >= 15 is 0 Å². The van der Waals surface area contributed by atoms with Crippen LogP contribution in [0.3, 0.4) is 0 Å². The third kappa shape index (κ3) is 4.26. The van der Waals surface area contributed by atoms with Gasteiger partial charge in [0, 0.05) is 15.8 Å². The Morgan fingerprint density at radius 2 is 1.81 bits per heavy atom. The Morgan fingerprint density at radius 3 is 2.48 bits per heavy atom. The molecule has 0 unspecified atom stereocenters. The number of rotatable bonds is 4. The average Bonchev–Trinajstić information content (AvgIpc) is 2.44. The summed E-state index contributed by atoms with van der Waals surface area (Å²) in [6, 6.07) is 10.3. The van der Waals surface area contributed by atoms with Crippen LogP contribution < -0.4 is 10.1 Å². The van der Waals surface area contributed by atoms with E-state index in [1.54, 1.807) is 41.7 Å². The first-order valence-corrected chi connectivity index (χ1v) is 6.38. The van der Waals surface area contributed by atoms with Gasteiger partial charge in [-0.25, -0.2) is 0 Å². The van der Waals surface area contributed by atoms with Gasteiger partial charge in [-0.3, -0.25) is 4.79 Å². The molecular formula is C14H11ClF3NO2. The second-order valence-electron chi connectivity index (χ2n) is 4.27. The fraction of sp³-hybridized carbons (Fsp3) is 0.214. The van der Waals surface area contributed by atoms with Gasteiger partial charge in [-0.05, 0) is 12.1 Å². The molecule has 1 amide bonds. The second kappa shape index (κ2) is 6.22. The van der Waals surface area contributed by atoms with E-state index in [4.69, 9.17) is 16.3 Å². The number of ether oxygens (including phenoxy) is 1. The van der Waals surface area contributed by atoms with Crippen LogP contribution in [0.1, 0.15) is 0 Å². The van der Waals surface area contributed by atoms with E-state index in [1.807, 2.05) is 0 Å². The van der Waals surface area contributed by atoms with E-state index in [0.717, 1.165) is 5.39 Å². The van der Waals surface area contributed by atoms with Crippen LogP contribution in [0, 0.1) is 0 Å². The quantitative estimate of drug-likeness (QED) is 0.936. The third-order valence-corrected chi connectivity index (χ3v) is 3.01. The van der Waals surface area contributed by atoms with Crippen molar-refractivity contribution in [2.24, 2.45) is 0 Å². The molecule has 0 saturated carbocycles. The monoisotopic (exact) mass is 317 g/mol. The van der Waals surface area contributed by atoms with Crippen LogP contribution in [0.5, 0.6) is 5.75 Å². The summed E-state index contributed by atoms with van der Waals surface area (Å²) < 4.78 is 41.1. The first kappa shape index (κ1) is 15.4. The van der Waals surface area contributed by atoms with E-state index in [2.05, 4.69) is 0 Å². The zero-order valence-electron chi connectivity index (χ0n) is 10.7. The minimum absolute atomic E-state index is 0.386. The Kier molecular flexibility index (Phi) is 4.57. The first-order chi connectivity index (χ1) is 9.87. The Hall–Kier alpha value is -1.95. The highest BCUT2D eigenvalue weighted by atomic mass is 35.5. The molecule has 1 N–H and O–H groups in total. The van der Waals surface area contributed by atoms with Gasteiger partial charge in [0.15, 0.2) is 6.61 Å².